The van der Waals surface area contributed by atoms with Crippen LogP contribution in [0.3, 0.4) is 0 Å². The molecule has 1 atom stereocenters. The highest BCUT2D eigenvalue weighted by atomic mass is 32.2. The minimum absolute atomic E-state index is 0.147. The third kappa shape index (κ3) is 5.33. The van der Waals surface area contributed by atoms with Crippen molar-refractivity contribution in [1.29, 1.82) is 0 Å². The fourth-order valence-electron chi connectivity index (χ4n) is 2.44. The van der Waals surface area contributed by atoms with Gasteiger partial charge < -0.3 is 5.32 Å². The maximum Gasteiger partial charge on any atom is 0.242 e. The lowest BCUT2D eigenvalue weighted by Gasteiger charge is -2.19. The lowest BCUT2D eigenvalue weighted by molar-refractivity contribution is -0.117. The summed E-state index contributed by atoms with van der Waals surface area (Å²) in [6.07, 6.45) is 2.33. The van der Waals surface area contributed by atoms with Gasteiger partial charge in [-0.25, -0.2) is 8.42 Å². The zero-order chi connectivity index (χ0) is 19.2. The number of hydrogen-bond acceptors (Lipinski definition) is 4. The Morgan fingerprint density at radius 1 is 1.08 bits per heavy atom. The predicted octanol–water partition coefficient (Wildman–Crippen LogP) is 3.34. The Balaban J connectivity index is 2.21. The van der Waals surface area contributed by atoms with Crippen LogP contribution in [-0.4, -0.2) is 32.4 Å². The standard InChI is InChI=1S/C19H24N2O3S2/c1-14-8-7-11-17(15(14)2)20-19(22)18(12-13-25-3)21-26(23,24)16-9-5-4-6-10-16/h4-11,18,21H,12-13H2,1-3H3,(H,20,22). The molecule has 0 spiro atoms. The number of sulfonamides is 1. The number of aryl methyl sites for hydroxylation is 1. The highest BCUT2D eigenvalue weighted by molar-refractivity contribution is 7.98. The van der Waals surface area contributed by atoms with Crippen LogP contribution in [-0.2, 0) is 14.8 Å². The third-order valence-corrected chi connectivity index (χ3v) is 6.27. The van der Waals surface area contributed by atoms with Crippen molar-refractivity contribution >= 4 is 33.4 Å². The van der Waals surface area contributed by atoms with Crippen molar-refractivity contribution in [1.82, 2.24) is 4.72 Å². The van der Waals surface area contributed by atoms with E-state index in [2.05, 4.69) is 10.0 Å². The van der Waals surface area contributed by atoms with Gasteiger partial charge in [-0.3, -0.25) is 4.79 Å². The van der Waals surface area contributed by atoms with Crippen LogP contribution in [0, 0.1) is 13.8 Å². The number of hydrogen-bond donors (Lipinski definition) is 2. The Kier molecular flexibility index (Phi) is 7.25. The maximum atomic E-state index is 12.7. The second-order valence-corrected chi connectivity index (χ2v) is 8.70. The van der Waals surface area contributed by atoms with Gasteiger partial charge in [0.05, 0.1) is 4.90 Å². The summed E-state index contributed by atoms with van der Waals surface area (Å²) in [6.45, 7) is 3.89. The van der Waals surface area contributed by atoms with Crippen molar-refractivity contribution in [2.45, 2.75) is 31.2 Å². The summed E-state index contributed by atoms with van der Waals surface area (Å²) in [5.41, 5.74) is 2.73. The van der Waals surface area contributed by atoms with E-state index in [0.717, 1.165) is 11.1 Å². The normalized spacial score (nSPS) is 12.6. The van der Waals surface area contributed by atoms with E-state index in [1.54, 1.807) is 30.0 Å². The molecule has 2 rings (SSSR count). The Bertz CT molecular complexity index is 852. The van der Waals surface area contributed by atoms with Gasteiger partial charge in [0.2, 0.25) is 15.9 Å². The number of amides is 1. The quantitative estimate of drug-likeness (QED) is 0.722. The smallest absolute Gasteiger partial charge is 0.242 e. The topological polar surface area (TPSA) is 75.3 Å². The maximum absolute atomic E-state index is 12.7. The van der Waals surface area contributed by atoms with E-state index >= 15 is 0 Å². The highest BCUT2D eigenvalue weighted by Crippen LogP contribution is 2.19. The van der Waals surface area contributed by atoms with Crippen LogP contribution >= 0.6 is 11.8 Å². The molecule has 2 N–H and O–H groups in total. The van der Waals surface area contributed by atoms with Crippen LogP contribution in [0.15, 0.2) is 53.4 Å². The monoisotopic (exact) mass is 392 g/mol. The molecule has 2 aromatic rings. The van der Waals surface area contributed by atoms with Gasteiger partial charge in [0.1, 0.15) is 6.04 Å². The summed E-state index contributed by atoms with van der Waals surface area (Å²) in [7, 11) is -3.77. The number of rotatable bonds is 8. The summed E-state index contributed by atoms with van der Waals surface area (Å²) in [5, 5.41) is 2.86. The molecule has 140 valence electrons. The molecule has 1 amide bonds. The van der Waals surface area contributed by atoms with E-state index in [1.165, 1.54) is 12.1 Å². The second kappa shape index (κ2) is 9.21. The minimum atomic E-state index is -3.77. The van der Waals surface area contributed by atoms with Gasteiger partial charge in [0.15, 0.2) is 0 Å². The molecule has 26 heavy (non-hydrogen) atoms. The van der Waals surface area contributed by atoms with Crippen molar-refractivity contribution in [3.63, 3.8) is 0 Å². The highest BCUT2D eigenvalue weighted by Gasteiger charge is 2.25. The second-order valence-electron chi connectivity index (χ2n) is 6.01. The van der Waals surface area contributed by atoms with Crippen molar-refractivity contribution in [2.75, 3.05) is 17.3 Å². The molecule has 0 saturated heterocycles. The molecule has 0 heterocycles. The van der Waals surface area contributed by atoms with Gasteiger partial charge in [-0.15, -0.1) is 0 Å². The summed E-state index contributed by atoms with van der Waals surface area (Å²) in [4.78, 5) is 12.9. The van der Waals surface area contributed by atoms with Gasteiger partial charge in [0.25, 0.3) is 0 Å². The van der Waals surface area contributed by atoms with Gasteiger partial charge in [0, 0.05) is 5.69 Å². The van der Waals surface area contributed by atoms with Gasteiger partial charge in [-0.1, -0.05) is 30.3 Å². The molecule has 0 aliphatic heterocycles. The number of anilines is 1. The molecular weight excluding hydrogens is 368 g/mol. The first-order valence-electron chi connectivity index (χ1n) is 8.28. The number of benzene rings is 2. The number of thioether (sulfide) groups is 1. The van der Waals surface area contributed by atoms with Gasteiger partial charge >= 0.3 is 0 Å². The van der Waals surface area contributed by atoms with E-state index in [1.807, 2.05) is 38.3 Å². The summed E-state index contributed by atoms with van der Waals surface area (Å²) < 4.78 is 27.7. The first-order chi connectivity index (χ1) is 12.3. The zero-order valence-electron chi connectivity index (χ0n) is 15.2. The molecule has 0 fully saturated rings. The zero-order valence-corrected chi connectivity index (χ0v) is 16.8. The van der Waals surface area contributed by atoms with E-state index in [9.17, 15) is 13.2 Å². The molecule has 0 aliphatic rings. The molecule has 0 bridgehead atoms. The summed E-state index contributed by atoms with van der Waals surface area (Å²) >= 11 is 1.57. The fraction of sp³-hybridized carbons (Fsp3) is 0.316. The molecule has 2 aromatic carbocycles. The molecule has 5 nitrogen and oxygen atoms in total. The van der Waals surface area contributed by atoms with Crippen LogP contribution in [0.25, 0.3) is 0 Å². The van der Waals surface area contributed by atoms with Crippen LogP contribution in [0.4, 0.5) is 5.69 Å². The lowest BCUT2D eigenvalue weighted by Crippen LogP contribution is -2.44. The third-order valence-electron chi connectivity index (χ3n) is 4.14. The van der Waals surface area contributed by atoms with Crippen molar-refractivity contribution in [3.05, 3.63) is 59.7 Å². The number of carbonyl (C=O) groups excluding carboxylic acids is 1. The van der Waals surface area contributed by atoms with E-state index in [4.69, 9.17) is 0 Å². The van der Waals surface area contributed by atoms with Crippen molar-refractivity contribution < 1.29 is 13.2 Å². The van der Waals surface area contributed by atoms with Gasteiger partial charge in [-0.05, 0) is 61.6 Å². The molecule has 0 saturated carbocycles. The molecule has 0 radical (unpaired) electrons. The molecular formula is C19H24N2O3S2. The van der Waals surface area contributed by atoms with E-state index in [-0.39, 0.29) is 10.8 Å². The average Bonchev–Trinajstić information content (AvgIpc) is 2.63. The SMILES string of the molecule is CSCCC(NS(=O)(=O)c1ccccc1)C(=O)Nc1cccc(C)c1C. The van der Waals surface area contributed by atoms with E-state index in [0.29, 0.717) is 17.9 Å². The van der Waals surface area contributed by atoms with Crippen LogP contribution < -0.4 is 10.0 Å². The molecule has 0 aliphatic carbocycles. The van der Waals surface area contributed by atoms with Crippen LogP contribution in [0.1, 0.15) is 17.5 Å². The largest absolute Gasteiger partial charge is 0.324 e. The first kappa shape index (κ1) is 20.5. The number of nitrogens with one attached hydrogen (secondary N) is 2. The first-order valence-corrected chi connectivity index (χ1v) is 11.2. The minimum Gasteiger partial charge on any atom is -0.324 e. The van der Waals surface area contributed by atoms with Crippen LogP contribution in [0.5, 0.6) is 0 Å². The lowest BCUT2D eigenvalue weighted by atomic mass is 10.1. The fourth-order valence-corrected chi connectivity index (χ4v) is 4.16. The van der Waals surface area contributed by atoms with Gasteiger partial charge in [-0.2, -0.15) is 16.5 Å². The predicted molar refractivity (Wildman–Crippen MR) is 108 cm³/mol. The van der Waals surface area contributed by atoms with E-state index < -0.39 is 16.1 Å². The summed E-state index contributed by atoms with van der Waals surface area (Å²) in [5.74, 6) is 0.314. The molecule has 1 unspecified atom stereocenters. The Labute approximate surface area is 159 Å². The summed E-state index contributed by atoms with van der Waals surface area (Å²) in [6, 6.07) is 12.9. The Hall–Kier alpha value is -1.83. The molecule has 0 aromatic heterocycles. The Morgan fingerprint density at radius 2 is 1.77 bits per heavy atom. The molecule has 7 heteroatoms. The number of carbonyl (C=O) groups is 1. The Morgan fingerprint density at radius 3 is 2.42 bits per heavy atom. The van der Waals surface area contributed by atoms with Crippen molar-refractivity contribution in [3.8, 4) is 0 Å². The van der Waals surface area contributed by atoms with Crippen LogP contribution in [0.2, 0.25) is 0 Å². The van der Waals surface area contributed by atoms with Crippen molar-refractivity contribution in [2.24, 2.45) is 0 Å². The average molecular weight is 393 g/mol.